The monoisotopic (exact) mass is 217 g/mol. The van der Waals surface area contributed by atoms with Gasteiger partial charge in [-0.2, -0.15) is 5.26 Å². The third kappa shape index (κ3) is 3.22. The molecule has 0 radical (unpaired) electrons. The van der Waals surface area contributed by atoms with Gasteiger partial charge in [-0.05, 0) is 6.42 Å². The van der Waals surface area contributed by atoms with Gasteiger partial charge in [-0.15, -0.1) is 0 Å². The van der Waals surface area contributed by atoms with Gasteiger partial charge < -0.3 is 10.6 Å². The van der Waals surface area contributed by atoms with E-state index in [-0.39, 0.29) is 24.1 Å². The van der Waals surface area contributed by atoms with Gasteiger partial charge in [-0.3, -0.25) is 0 Å². The topological polar surface area (TPSA) is 99.1 Å². The Morgan fingerprint density at radius 3 is 2.79 bits per heavy atom. The van der Waals surface area contributed by atoms with Gasteiger partial charge in [0, 0.05) is 6.04 Å². The zero-order valence-electron chi connectivity index (χ0n) is 7.49. The smallest absolute Gasteiger partial charge is 0.315 e. The van der Waals surface area contributed by atoms with E-state index in [2.05, 4.69) is 10.6 Å². The Labute approximate surface area is 82.2 Å². The summed E-state index contributed by atoms with van der Waals surface area (Å²) >= 11 is 0. The van der Waals surface area contributed by atoms with Crippen LogP contribution in [0.15, 0.2) is 0 Å². The van der Waals surface area contributed by atoms with Crippen LogP contribution in [0.1, 0.15) is 6.42 Å². The molecule has 1 fully saturated rings. The molecular weight excluding hydrogens is 206 g/mol. The number of carbonyl (C=O) groups excluding carboxylic acids is 1. The van der Waals surface area contributed by atoms with Crippen LogP contribution in [0.5, 0.6) is 0 Å². The highest BCUT2D eigenvalue weighted by Crippen LogP contribution is 2.10. The summed E-state index contributed by atoms with van der Waals surface area (Å²) in [6.45, 7) is -0.0781. The van der Waals surface area contributed by atoms with Crippen LogP contribution in [-0.2, 0) is 9.84 Å². The van der Waals surface area contributed by atoms with Crippen LogP contribution in [-0.4, -0.2) is 38.5 Å². The van der Waals surface area contributed by atoms with Crippen LogP contribution in [0.25, 0.3) is 0 Å². The second-order valence-electron chi connectivity index (χ2n) is 3.09. The number of nitrogens with zero attached hydrogens (tertiary/aromatic N) is 1. The summed E-state index contributed by atoms with van der Waals surface area (Å²) in [6, 6.07) is 0.937. The predicted octanol–water partition coefficient (Wildman–Crippen LogP) is -1.00. The van der Waals surface area contributed by atoms with Crippen LogP contribution in [0, 0.1) is 11.3 Å². The molecule has 2 N–H and O–H groups in total. The van der Waals surface area contributed by atoms with E-state index in [4.69, 9.17) is 5.26 Å². The number of nitriles is 1. The number of sulfone groups is 1. The Morgan fingerprint density at radius 1 is 1.57 bits per heavy atom. The van der Waals surface area contributed by atoms with Crippen LogP contribution < -0.4 is 10.6 Å². The van der Waals surface area contributed by atoms with E-state index >= 15 is 0 Å². The third-order valence-corrected chi connectivity index (χ3v) is 3.66. The molecule has 0 aliphatic carbocycles. The normalized spacial score (nSPS) is 23.8. The molecule has 1 saturated heterocycles. The first-order chi connectivity index (χ1) is 6.53. The Hall–Kier alpha value is -1.29. The molecule has 0 aromatic heterocycles. The van der Waals surface area contributed by atoms with Crippen LogP contribution >= 0.6 is 0 Å². The molecule has 1 atom stereocenters. The fourth-order valence-corrected chi connectivity index (χ4v) is 2.94. The standard InChI is InChI=1S/C7H11N3O3S/c8-2-3-9-7(11)10-6-1-4-14(12,13)5-6/h6H,1,3-5H2,(H2,9,10,11). The summed E-state index contributed by atoms with van der Waals surface area (Å²) in [5.41, 5.74) is 0. The summed E-state index contributed by atoms with van der Waals surface area (Å²) in [5, 5.41) is 12.9. The number of amides is 2. The highest BCUT2D eigenvalue weighted by atomic mass is 32.2. The lowest BCUT2D eigenvalue weighted by molar-refractivity contribution is 0.239. The Bertz CT molecular complexity index is 357. The molecule has 78 valence electrons. The molecule has 7 heteroatoms. The van der Waals surface area contributed by atoms with E-state index in [1.807, 2.05) is 0 Å². The van der Waals surface area contributed by atoms with Gasteiger partial charge >= 0.3 is 6.03 Å². The molecular formula is C7H11N3O3S. The molecule has 0 aromatic carbocycles. The van der Waals surface area contributed by atoms with Crippen LogP contribution in [0.3, 0.4) is 0 Å². The fourth-order valence-electron chi connectivity index (χ4n) is 1.27. The Balaban J connectivity index is 2.33. The molecule has 0 aromatic rings. The van der Waals surface area contributed by atoms with Crippen molar-refractivity contribution in [1.29, 1.82) is 5.26 Å². The predicted molar refractivity (Wildman–Crippen MR) is 49.2 cm³/mol. The van der Waals surface area contributed by atoms with E-state index in [1.54, 1.807) is 6.07 Å². The molecule has 1 aliphatic heterocycles. The summed E-state index contributed by atoms with van der Waals surface area (Å²) in [6.07, 6.45) is 0.447. The first-order valence-corrected chi connectivity index (χ1v) is 5.97. The van der Waals surface area contributed by atoms with Crippen LogP contribution in [0.2, 0.25) is 0 Å². The van der Waals surface area contributed by atoms with Gasteiger partial charge in [-0.1, -0.05) is 0 Å². The summed E-state index contributed by atoms with van der Waals surface area (Å²) in [4.78, 5) is 11.0. The highest BCUT2D eigenvalue weighted by molar-refractivity contribution is 7.91. The second kappa shape index (κ2) is 4.28. The first kappa shape index (κ1) is 10.8. The molecule has 6 nitrogen and oxygen atoms in total. The number of carbonyl (C=O) groups is 1. The van der Waals surface area contributed by atoms with E-state index in [1.165, 1.54) is 0 Å². The first-order valence-electron chi connectivity index (χ1n) is 4.15. The molecule has 1 heterocycles. The van der Waals surface area contributed by atoms with E-state index in [0.29, 0.717) is 6.42 Å². The van der Waals surface area contributed by atoms with Crippen LogP contribution in [0.4, 0.5) is 4.79 Å². The number of urea groups is 1. The zero-order chi connectivity index (χ0) is 10.6. The van der Waals surface area contributed by atoms with Crippen molar-refractivity contribution in [1.82, 2.24) is 10.6 Å². The Kier molecular flexibility index (Phi) is 3.30. The fraction of sp³-hybridized carbons (Fsp3) is 0.714. The molecule has 2 amide bonds. The maximum atomic E-state index is 11.0. The minimum absolute atomic E-state index is 0.00697. The second-order valence-corrected chi connectivity index (χ2v) is 5.31. The van der Waals surface area contributed by atoms with Crippen molar-refractivity contribution in [3.8, 4) is 6.07 Å². The van der Waals surface area contributed by atoms with Crippen molar-refractivity contribution in [2.75, 3.05) is 18.1 Å². The average molecular weight is 217 g/mol. The molecule has 0 bridgehead atoms. The summed E-state index contributed by atoms with van der Waals surface area (Å²) < 4.78 is 22.0. The highest BCUT2D eigenvalue weighted by Gasteiger charge is 2.28. The molecule has 1 unspecified atom stereocenters. The largest absolute Gasteiger partial charge is 0.334 e. The number of nitrogens with one attached hydrogen (secondary N) is 2. The van der Waals surface area contributed by atoms with E-state index < -0.39 is 15.9 Å². The number of rotatable bonds is 2. The minimum Gasteiger partial charge on any atom is -0.334 e. The maximum Gasteiger partial charge on any atom is 0.315 e. The van der Waals surface area contributed by atoms with Gasteiger partial charge in [0.25, 0.3) is 0 Å². The number of hydrogen-bond donors (Lipinski definition) is 2. The van der Waals surface area contributed by atoms with Crippen molar-refractivity contribution >= 4 is 15.9 Å². The number of hydrogen-bond acceptors (Lipinski definition) is 4. The maximum absolute atomic E-state index is 11.0. The zero-order valence-corrected chi connectivity index (χ0v) is 8.30. The van der Waals surface area contributed by atoms with Crippen molar-refractivity contribution < 1.29 is 13.2 Å². The summed E-state index contributed by atoms with van der Waals surface area (Å²) in [7, 11) is -2.97. The van der Waals surface area contributed by atoms with Crippen molar-refractivity contribution in [2.45, 2.75) is 12.5 Å². The third-order valence-electron chi connectivity index (χ3n) is 1.90. The van der Waals surface area contributed by atoms with E-state index in [9.17, 15) is 13.2 Å². The van der Waals surface area contributed by atoms with Gasteiger partial charge in [0.1, 0.15) is 6.54 Å². The molecule has 0 spiro atoms. The lowest BCUT2D eigenvalue weighted by atomic mass is 10.3. The molecule has 1 rings (SSSR count). The van der Waals surface area contributed by atoms with Crippen molar-refractivity contribution in [2.24, 2.45) is 0 Å². The quantitative estimate of drug-likeness (QED) is 0.579. The summed E-state index contributed by atoms with van der Waals surface area (Å²) in [5.74, 6) is 0.114. The average Bonchev–Trinajstić information content (AvgIpc) is 2.42. The molecule has 1 aliphatic rings. The minimum atomic E-state index is -2.97. The lowest BCUT2D eigenvalue weighted by Crippen LogP contribution is -2.42. The van der Waals surface area contributed by atoms with Gasteiger partial charge in [-0.25, -0.2) is 13.2 Å². The van der Waals surface area contributed by atoms with E-state index in [0.717, 1.165) is 0 Å². The van der Waals surface area contributed by atoms with Gasteiger partial charge in [0.2, 0.25) is 0 Å². The molecule has 0 saturated carbocycles. The molecule has 14 heavy (non-hydrogen) atoms. The Morgan fingerprint density at radius 2 is 2.29 bits per heavy atom. The van der Waals surface area contributed by atoms with Crippen molar-refractivity contribution in [3.63, 3.8) is 0 Å². The van der Waals surface area contributed by atoms with Gasteiger partial charge in [0.05, 0.1) is 17.6 Å². The van der Waals surface area contributed by atoms with Gasteiger partial charge in [0.15, 0.2) is 9.84 Å². The lowest BCUT2D eigenvalue weighted by Gasteiger charge is -2.09. The van der Waals surface area contributed by atoms with Crippen molar-refractivity contribution in [3.05, 3.63) is 0 Å². The SMILES string of the molecule is N#CCNC(=O)NC1CCS(=O)(=O)C1.